The maximum absolute atomic E-state index is 13.0. The molecule has 0 unspecified atom stereocenters. The Hall–Kier alpha value is -2.21. The zero-order valence-corrected chi connectivity index (χ0v) is 11.7. The van der Waals surface area contributed by atoms with Crippen LogP contribution in [0, 0.1) is 19.7 Å². The van der Waals surface area contributed by atoms with Gasteiger partial charge in [-0.25, -0.2) is 14.4 Å². The second-order valence-corrected chi connectivity index (χ2v) is 4.61. The van der Waals surface area contributed by atoms with E-state index in [1.54, 1.807) is 0 Å². The van der Waals surface area contributed by atoms with Gasteiger partial charge in [0.05, 0.1) is 5.02 Å². The summed E-state index contributed by atoms with van der Waals surface area (Å²) in [7, 11) is 0. The average molecular weight is 294 g/mol. The Kier molecular flexibility index (Phi) is 4.14. The van der Waals surface area contributed by atoms with Gasteiger partial charge >= 0.3 is 0 Å². The molecular formula is C13H13ClFN5. The zero-order valence-electron chi connectivity index (χ0n) is 11.0. The number of nitrogens with one attached hydrogen (secondary N) is 1. The van der Waals surface area contributed by atoms with E-state index >= 15 is 0 Å². The van der Waals surface area contributed by atoms with E-state index in [4.69, 9.17) is 17.3 Å². The third-order valence-corrected chi connectivity index (χ3v) is 2.67. The molecule has 1 heterocycles. The summed E-state index contributed by atoms with van der Waals surface area (Å²) in [5.74, 6) is -0.135. The number of aliphatic imine (C=N–C) groups is 1. The van der Waals surface area contributed by atoms with E-state index in [0.717, 1.165) is 11.4 Å². The van der Waals surface area contributed by atoms with Crippen LogP contribution in [0.5, 0.6) is 0 Å². The van der Waals surface area contributed by atoms with E-state index in [1.807, 2.05) is 19.9 Å². The molecule has 0 saturated heterocycles. The molecule has 104 valence electrons. The van der Waals surface area contributed by atoms with Gasteiger partial charge in [-0.05, 0) is 38.1 Å². The summed E-state index contributed by atoms with van der Waals surface area (Å²) in [6, 6.07) is 6.00. The lowest BCUT2D eigenvalue weighted by Gasteiger charge is -2.06. The normalized spacial score (nSPS) is 11.5. The highest BCUT2D eigenvalue weighted by atomic mass is 35.5. The maximum atomic E-state index is 13.0. The van der Waals surface area contributed by atoms with E-state index in [9.17, 15) is 4.39 Å². The first-order valence-electron chi connectivity index (χ1n) is 5.82. The van der Waals surface area contributed by atoms with Gasteiger partial charge in [0.1, 0.15) is 5.82 Å². The number of halogens is 2. The number of nitrogens with zero attached hydrogens (tertiary/aromatic N) is 3. The highest BCUT2D eigenvalue weighted by Crippen LogP contribution is 2.19. The summed E-state index contributed by atoms with van der Waals surface area (Å²) in [6.45, 7) is 3.69. The minimum atomic E-state index is -0.495. The number of hydrogen-bond donors (Lipinski definition) is 2. The predicted molar refractivity (Wildman–Crippen MR) is 77.8 cm³/mol. The molecule has 0 saturated carbocycles. The molecule has 0 atom stereocenters. The molecule has 0 aliphatic carbocycles. The second kappa shape index (κ2) is 5.83. The number of nitrogens with two attached hydrogens (primary N) is 1. The van der Waals surface area contributed by atoms with Crippen LogP contribution < -0.4 is 11.1 Å². The Morgan fingerprint density at radius 2 is 1.90 bits per heavy atom. The molecule has 1 aromatic carbocycles. The Balaban J connectivity index is 2.20. The van der Waals surface area contributed by atoms with Gasteiger partial charge in [-0.1, -0.05) is 11.6 Å². The summed E-state index contributed by atoms with van der Waals surface area (Å²) >= 11 is 5.68. The Bertz CT molecular complexity index is 652. The highest BCUT2D eigenvalue weighted by molar-refractivity contribution is 6.31. The summed E-state index contributed by atoms with van der Waals surface area (Å²) in [4.78, 5) is 12.3. The fraction of sp³-hybridized carbons (Fsp3) is 0.154. The van der Waals surface area contributed by atoms with Crippen molar-refractivity contribution in [2.24, 2.45) is 10.7 Å². The molecule has 7 heteroatoms. The van der Waals surface area contributed by atoms with Crippen LogP contribution in [-0.4, -0.2) is 15.9 Å². The van der Waals surface area contributed by atoms with Crippen LogP contribution in [0.3, 0.4) is 0 Å². The van der Waals surface area contributed by atoms with Gasteiger partial charge < -0.3 is 11.1 Å². The lowest BCUT2D eigenvalue weighted by Crippen LogP contribution is -2.22. The summed E-state index contributed by atoms with van der Waals surface area (Å²) in [5.41, 5.74) is 7.88. The monoisotopic (exact) mass is 293 g/mol. The number of hydrogen-bond acceptors (Lipinski definition) is 3. The van der Waals surface area contributed by atoms with E-state index in [2.05, 4.69) is 20.3 Å². The van der Waals surface area contributed by atoms with Crippen LogP contribution in [0.15, 0.2) is 29.3 Å². The molecule has 20 heavy (non-hydrogen) atoms. The number of aryl methyl sites for hydroxylation is 2. The first-order valence-corrected chi connectivity index (χ1v) is 6.20. The molecule has 1 aromatic heterocycles. The Morgan fingerprint density at radius 3 is 2.50 bits per heavy atom. The average Bonchev–Trinajstić information content (AvgIpc) is 2.32. The predicted octanol–water partition coefficient (Wildman–Crippen LogP) is 2.94. The van der Waals surface area contributed by atoms with E-state index < -0.39 is 5.82 Å². The molecule has 3 N–H and O–H groups in total. The molecule has 0 spiro atoms. The number of guanidine groups is 1. The number of rotatable bonds is 2. The number of benzene rings is 1. The molecule has 2 aromatic rings. The standard InChI is InChI=1S/C13H13ClFN5/c1-7-5-8(2)18-13(17-7)20-12(16)19-9-3-4-11(15)10(14)6-9/h3-6H,1-2H3,(H3,16,17,18,19,20). The smallest absolute Gasteiger partial charge is 0.253 e. The SMILES string of the molecule is Cc1cc(C)nc(/N=C(/N)Nc2ccc(F)c(Cl)c2)n1. The summed E-state index contributed by atoms with van der Waals surface area (Å²) < 4.78 is 13.0. The van der Waals surface area contributed by atoms with Crippen molar-refractivity contribution >= 4 is 29.2 Å². The first kappa shape index (κ1) is 14.2. The van der Waals surface area contributed by atoms with Crippen LogP contribution >= 0.6 is 11.6 Å². The molecule has 2 rings (SSSR count). The quantitative estimate of drug-likeness (QED) is 0.659. The van der Waals surface area contributed by atoms with Crippen molar-refractivity contribution < 1.29 is 4.39 Å². The van der Waals surface area contributed by atoms with Crippen LogP contribution in [0.4, 0.5) is 16.0 Å². The van der Waals surface area contributed by atoms with Crippen LogP contribution in [0.1, 0.15) is 11.4 Å². The van der Waals surface area contributed by atoms with Crippen molar-refractivity contribution in [3.8, 4) is 0 Å². The fourth-order valence-electron chi connectivity index (χ4n) is 1.61. The molecule has 5 nitrogen and oxygen atoms in total. The maximum Gasteiger partial charge on any atom is 0.253 e. The van der Waals surface area contributed by atoms with Gasteiger partial charge in [0, 0.05) is 17.1 Å². The Morgan fingerprint density at radius 1 is 1.25 bits per heavy atom. The molecule has 0 bridgehead atoms. The van der Waals surface area contributed by atoms with Crippen molar-refractivity contribution in [1.82, 2.24) is 9.97 Å². The summed E-state index contributed by atoms with van der Waals surface area (Å²) in [6.07, 6.45) is 0. The van der Waals surface area contributed by atoms with Gasteiger partial charge in [-0.2, -0.15) is 4.99 Å². The molecule has 0 fully saturated rings. The largest absolute Gasteiger partial charge is 0.369 e. The van der Waals surface area contributed by atoms with E-state index in [-0.39, 0.29) is 16.9 Å². The minimum Gasteiger partial charge on any atom is -0.369 e. The number of anilines is 1. The van der Waals surface area contributed by atoms with Gasteiger partial charge in [0.25, 0.3) is 5.95 Å². The van der Waals surface area contributed by atoms with Crippen LogP contribution in [0.2, 0.25) is 5.02 Å². The van der Waals surface area contributed by atoms with Crippen LogP contribution in [-0.2, 0) is 0 Å². The van der Waals surface area contributed by atoms with Gasteiger partial charge in [-0.15, -0.1) is 0 Å². The molecular weight excluding hydrogens is 281 g/mol. The van der Waals surface area contributed by atoms with Crippen LogP contribution in [0.25, 0.3) is 0 Å². The minimum absolute atomic E-state index is 0.00505. The summed E-state index contributed by atoms with van der Waals surface area (Å²) in [5, 5.41) is 2.80. The number of aromatic nitrogens is 2. The zero-order chi connectivity index (χ0) is 14.7. The van der Waals surface area contributed by atoms with E-state index in [0.29, 0.717) is 5.69 Å². The highest BCUT2D eigenvalue weighted by Gasteiger charge is 2.03. The molecule has 0 aliphatic heterocycles. The van der Waals surface area contributed by atoms with Crippen molar-refractivity contribution in [2.45, 2.75) is 13.8 Å². The molecule has 0 amide bonds. The molecule has 0 radical (unpaired) electrons. The van der Waals surface area contributed by atoms with E-state index in [1.165, 1.54) is 18.2 Å². The lowest BCUT2D eigenvalue weighted by atomic mass is 10.3. The topological polar surface area (TPSA) is 76.2 Å². The van der Waals surface area contributed by atoms with Gasteiger partial charge in [-0.3, -0.25) is 0 Å². The third-order valence-electron chi connectivity index (χ3n) is 2.38. The van der Waals surface area contributed by atoms with Crippen molar-refractivity contribution in [1.29, 1.82) is 0 Å². The first-order chi connectivity index (χ1) is 9.44. The third kappa shape index (κ3) is 3.64. The fourth-order valence-corrected chi connectivity index (χ4v) is 1.80. The molecule has 0 aliphatic rings. The Labute approximate surface area is 120 Å². The second-order valence-electron chi connectivity index (χ2n) is 4.20. The van der Waals surface area contributed by atoms with Gasteiger partial charge in [0.2, 0.25) is 5.96 Å². The van der Waals surface area contributed by atoms with Gasteiger partial charge in [0.15, 0.2) is 0 Å². The van der Waals surface area contributed by atoms with Crippen molar-refractivity contribution in [3.05, 3.63) is 46.5 Å². The van der Waals surface area contributed by atoms with Crippen molar-refractivity contribution in [2.75, 3.05) is 5.32 Å². The van der Waals surface area contributed by atoms with Crippen molar-refractivity contribution in [3.63, 3.8) is 0 Å². The lowest BCUT2D eigenvalue weighted by molar-refractivity contribution is 0.628.